The molecule has 49 heavy (non-hydrogen) atoms. The van der Waals surface area contributed by atoms with Gasteiger partial charge in [-0.1, -0.05) is 12.1 Å². The van der Waals surface area contributed by atoms with Gasteiger partial charge in [-0.25, -0.2) is 9.97 Å². The smallest absolute Gasteiger partial charge is 0.271 e. The number of nitrogens with zero attached hydrogens (tertiary/aromatic N) is 5. The van der Waals surface area contributed by atoms with Crippen LogP contribution in [0, 0.1) is 6.92 Å². The third-order valence-electron chi connectivity index (χ3n) is 8.86. The Hall–Kier alpha value is -4.96. The molecular weight excluding hydrogens is 650 g/mol. The summed E-state index contributed by atoms with van der Waals surface area (Å²) in [5.41, 5.74) is 8.95. The first-order chi connectivity index (χ1) is 23.7. The van der Waals surface area contributed by atoms with E-state index in [1.807, 2.05) is 30.0 Å². The molecule has 0 radical (unpaired) electrons. The van der Waals surface area contributed by atoms with Crippen molar-refractivity contribution in [1.29, 1.82) is 0 Å². The van der Waals surface area contributed by atoms with E-state index in [-0.39, 0.29) is 54.7 Å². The maximum atomic E-state index is 13.1. The highest BCUT2D eigenvalue weighted by Crippen LogP contribution is 2.30. The number of fused-ring (bicyclic) bond motifs is 1. The van der Waals surface area contributed by atoms with Crippen LogP contribution in [0.2, 0.25) is 0 Å². The number of carbonyl (C=O) groups excluding carboxylic acids is 5. The van der Waals surface area contributed by atoms with Crippen LogP contribution in [0.25, 0.3) is 0 Å². The number of rotatable bonds is 13. The summed E-state index contributed by atoms with van der Waals surface area (Å²) in [6, 6.07) is 6.73. The quantitative estimate of drug-likeness (QED) is 0.151. The molecule has 3 aliphatic heterocycles. The summed E-state index contributed by atoms with van der Waals surface area (Å²) >= 11 is 1.25. The van der Waals surface area contributed by atoms with Crippen molar-refractivity contribution in [3.05, 3.63) is 58.5 Å². The first-order valence-corrected chi connectivity index (χ1v) is 17.2. The van der Waals surface area contributed by atoms with Crippen LogP contribution in [0.4, 0.5) is 16.6 Å². The van der Waals surface area contributed by atoms with Gasteiger partial charge in [0.15, 0.2) is 11.5 Å². The van der Waals surface area contributed by atoms with Crippen molar-refractivity contribution in [3.8, 4) is 0 Å². The predicted molar refractivity (Wildman–Crippen MR) is 180 cm³/mol. The molecule has 2 saturated heterocycles. The van der Waals surface area contributed by atoms with E-state index in [0.29, 0.717) is 50.3 Å². The van der Waals surface area contributed by atoms with Gasteiger partial charge >= 0.3 is 0 Å². The molecule has 5 amide bonds. The summed E-state index contributed by atoms with van der Waals surface area (Å²) in [4.78, 5) is 74.2. The van der Waals surface area contributed by atoms with Crippen molar-refractivity contribution in [2.24, 2.45) is 5.73 Å². The normalized spacial score (nSPS) is 19.1. The SMILES string of the molecule is Cc1cc(Nc2nc(N3CCCC(NC(=O)CCOCCCc4cccc5c4CN(C4CCC(=O)NC4=O)C5=O)C3)cnc2C(N)=O)sn1. The third kappa shape index (κ3) is 8.03. The molecule has 5 N–H and O–H groups in total. The van der Waals surface area contributed by atoms with Gasteiger partial charge in [0.2, 0.25) is 17.7 Å². The fourth-order valence-electron chi connectivity index (χ4n) is 6.46. The lowest BCUT2D eigenvalue weighted by Crippen LogP contribution is -2.52. The maximum absolute atomic E-state index is 13.1. The van der Waals surface area contributed by atoms with Gasteiger partial charge in [0.05, 0.1) is 18.5 Å². The molecular formula is C33H39N9O6S. The number of anilines is 3. The van der Waals surface area contributed by atoms with Crippen LogP contribution in [0.15, 0.2) is 30.5 Å². The Morgan fingerprint density at radius 3 is 2.82 bits per heavy atom. The highest BCUT2D eigenvalue weighted by atomic mass is 32.1. The molecule has 3 aromatic rings. The van der Waals surface area contributed by atoms with Crippen molar-refractivity contribution in [3.63, 3.8) is 0 Å². The minimum absolute atomic E-state index is 0.0378. The van der Waals surface area contributed by atoms with Gasteiger partial charge in [-0.2, -0.15) is 4.37 Å². The molecule has 15 nitrogen and oxygen atoms in total. The monoisotopic (exact) mass is 689 g/mol. The number of hydrogen-bond donors (Lipinski definition) is 4. The van der Waals surface area contributed by atoms with Gasteiger partial charge in [-0.15, -0.1) is 0 Å². The number of primary amides is 1. The molecule has 2 aromatic heterocycles. The second kappa shape index (κ2) is 15.1. The van der Waals surface area contributed by atoms with Gasteiger partial charge in [-0.3, -0.25) is 29.3 Å². The second-order valence-electron chi connectivity index (χ2n) is 12.4. The first-order valence-electron chi connectivity index (χ1n) is 16.4. The number of nitrogens with one attached hydrogen (secondary N) is 3. The molecule has 16 heteroatoms. The van der Waals surface area contributed by atoms with Crippen molar-refractivity contribution >= 4 is 57.7 Å². The van der Waals surface area contributed by atoms with Crippen LogP contribution in [-0.4, -0.2) is 87.2 Å². The van der Waals surface area contributed by atoms with Crippen LogP contribution in [0.5, 0.6) is 0 Å². The zero-order valence-corrected chi connectivity index (χ0v) is 28.0. The van der Waals surface area contributed by atoms with Gasteiger partial charge < -0.3 is 30.9 Å². The Balaban J connectivity index is 0.938. The average Bonchev–Trinajstić information content (AvgIpc) is 3.64. The number of imide groups is 1. The van der Waals surface area contributed by atoms with Gasteiger partial charge in [0.25, 0.3) is 11.8 Å². The molecule has 0 spiro atoms. The molecule has 5 heterocycles. The lowest BCUT2D eigenvalue weighted by molar-refractivity contribution is -0.137. The molecule has 2 atom stereocenters. The van der Waals surface area contributed by atoms with Crippen molar-refractivity contribution < 1.29 is 28.7 Å². The van der Waals surface area contributed by atoms with Gasteiger partial charge in [0, 0.05) is 50.7 Å². The fourth-order valence-corrected chi connectivity index (χ4v) is 7.12. The number of ether oxygens (including phenoxy) is 1. The van der Waals surface area contributed by atoms with E-state index in [0.717, 1.165) is 41.2 Å². The number of carbonyl (C=O) groups is 5. The van der Waals surface area contributed by atoms with Crippen molar-refractivity contribution in [2.45, 2.75) is 70.5 Å². The zero-order chi connectivity index (χ0) is 34.5. The number of aromatic nitrogens is 3. The Kier molecular flexibility index (Phi) is 10.4. The fraction of sp³-hybridized carbons (Fsp3) is 0.455. The van der Waals surface area contributed by atoms with Gasteiger partial charge in [-0.05, 0) is 73.8 Å². The number of amides is 5. The van der Waals surface area contributed by atoms with Crippen LogP contribution in [0.3, 0.4) is 0 Å². The summed E-state index contributed by atoms with van der Waals surface area (Å²) in [7, 11) is 0. The van der Waals surface area contributed by atoms with Crippen LogP contribution in [0.1, 0.15) is 76.2 Å². The standard InChI is InChI=1S/C33H39N9O6S/c1-19-15-28(49-40-19)39-31-29(30(34)45)35-16-25(37-31)41-12-3-7-21(17-41)36-27(44)11-14-48-13-4-6-20-5-2-8-22-23(20)18-42(33(22)47)24-9-10-26(43)38-32(24)46/h2,5,8,15-16,21,24H,3-4,6-7,9-14,17-18H2,1H3,(H2,34,45)(H,36,44)(H,37,39)(H,38,43,46). The summed E-state index contributed by atoms with van der Waals surface area (Å²) in [6.07, 6.45) is 5.36. The summed E-state index contributed by atoms with van der Waals surface area (Å²) in [5.74, 6) is -0.870. The average molecular weight is 690 g/mol. The Morgan fingerprint density at radius 1 is 1.18 bits per heavy atom. The number of nitrogens with two attached hydrogens (primary N) is 1. The molecule has 0 saturated carbocycles. The van der Waals surface area contributed by atoms with Crippen molar-refractivity contribution in [1.82, 2.24) is 29.9 Å². The second-order valence-corrected chi connectivity index (χ2v) is 13.2. The van der Waals surface area contributed by atoms with E-state index >= 15 is 0 Å². The molecule has 0 bridgehead atoms. The minimum Gasteiger partial charge on any atom is -0.381 e. The van der Waals surface area contributed by atoms with E-state index in [1.165, 1.54) is 17.7 Å². The lowest BCUT2D eigenvalue weighted by Gasteiger charge is -2.34. The molecule has 0 aliphatic carbocycles. The van der Waals surface area contributed by atoms with Crippen molar-refractivity contribution in [2.75, 3.05) is 36.5 Å². The minimum atomic E-state index is -0.688. The summed E-state index contributed by atoms with van der Waals surface area (Å²) < 4.78 is 10.0. The molecule has 2 fully saturated rings. The van der Waals surface area contributed by atoms with E-state index in [1.54, 1.807) is 11.0 Å². The third-order valence-corrected chi connectivity index (χ3v) is 9.66. The maximum Gasteiger partial charge on any atom is 0.271 e. The topological polar surface area (TPSA) is 202 Å². The van der Waals surface area contributed by atoms with Crippen LogP contribution >= 0.6 is 11.5 Å². The Bertz CT molecular complexity index is 1760. The van der Waals surface area contributed by atoms with E-state index in [4.69, 9.17) is 10.5 Å². The van der Waals surface area contributed by atoms with E-state index in [9.17, 15) is 24.0 Å². The molecule has 6 rings (SSSR count). The molecule has 1 aromatic carbocycles. The summed E-state index contributed by atoms with van der Waals surface area (Å²) in [5, 5.41) is 9.26. The first kappa shape index (κ1) is 33.9. The zero-order valence-electron chi connectivity index (χ0n) is 27.2. The lowest BCUT2D eigenvalue weighted by atomic mass is 10.00. The highest BCUT2D eigenvalue weighted by Gasteiger charge is 2.39. The van der Waals surface area contributed by atoms with E-state index < -0.39 is 17.9 Å². The Labute approximate surface area is 287 Å². The predicted octanol–water partition coefficient (Wildman–Crippen LogP) is 1.97. The highest BCUT2D eigenvalue weighted by molar-refractivity contribution is 7.10. The Morgan fingerprint density at radius 2 is 2.04 bits per heavy atom. The largest absolute Gasteiger partial charge is 0.381 e. The van der Waals surface area contributed by atoms with Crippen LogP contribution < -0.4 is 26.6 Å². The number of piperidine rings is 2. The molecule has 258 valence electrons. The van der Waals surface area contributed by atoms with Crippen LogP contribution in [-0.2, 0) is 32.1 Å². The van der Waals surface area contributed by atoms with Gasteiger partial charge in [0.1, 0.15) is 16.9 Å². The number of aryl methyl sites for hydroxylation is 2. The summed E-state index contributed by atoms with van der Waals surface area (Å²) in [6.45, 7) is 4.22. The molecule has 3 aliphatic rings. The molecule has 2 unspecified atom stereocenters. The number of hydrogen-bond acceptors (Lipinski definition) is 12. The van der Waals surface area contributed by atoms with E-state index in [2.05, 4.69) is 30.3 Å². The number of benzene rings is 1.